The van der Waals surface area contributed by atoms with Crippen LogP contribution in [0.1, 0.15) is 24.8 Å². The summed E-state index contributed by atoms with van der Waals surface area (Å²) in [6.07, 6.45) is 3.06. The maximum Gasteiger partial charge on any atom is 0.236 e. The Morgan fingerprint density at radius 1 is 1.40 bits per heavy atom. The van der Waals surface area contributed by atoms with Crippen LogP contribution in [0.2, 0.25) is 0 Å². The monoisotopic (exact) mass is 274 g/mol. The van der Waals surface area contributed by atoms with E-state index in [4.69, 9.17) is 4.74 Å². The average molecular weight is 274 g/mol. The number of hydrogen-bond acceptors (Lipinski definition) is 3. The first kappa shape index (κ1) is 13.6. The van der Waals surface area contributed by atoms with Gasteiger partial charge in [0.1, 0.15) is 0 Å². The van der Waals surface area contributed by atoms with Crippen LogP contribution < -0.4 is 5.32 Å². The Balaban J connectivity index is 1.79. The summed E-state index contributed by atoms with van der Waals surface area (Å²) in [5, 5.41) is 3.06. The third-order valence-corrected chi connectivity index (χ3v) is 4.52. The normalized spacial score (nSPS) is 25.8. The van der Waals surface area contributed by atoms with E-state index in [1.54, 1.807) is 7.11 Å². The highest BCUT2D eigenvalue weighted by Crippen LogP contribution is 2.43. The molecule has 1 spiro atoms. The standard InChI is InChI=1S/C16H22N2O2/c1-20-11-5-10-18-9-4-8-16(12-18)13-6-2-3-7-14(13)17-15(16)19/h2-3,6-7H,4-5,8-12H2,1H3,(H,17,19). The van der Waals surface area contributed by atoms with Crippen LogP contribution in [-0.4, -0.2) is 44.2 Å². The zero-order chi connectivity index (χ0) is 14.0. The number of nitrogens with one attached hydrogen (secondary N) is 1. The van der Waals surface area contributed by atoms with Crippen molar-refractivity contribution in [3.8, 4) is 0 Å². The number of para-hydroxylation sites is 1. The summed E-state index contributed by atoms with van der Waals surface area (Å²) < 4.78 is 5.12. The molecule has 1 aromatic carbocycles. The summed E-state index contributed by atoms with van der Waals surface area (Å²) in [6.45, 7) is 3.71. The number of ether oxygens (including phenoxy) is 1. The molecule has 1 fully saturated rings. The van der Waals surface area contributed by atoms with Gasteiger partial charge >= 0.3 is 0 Å². The van der Waals surface area contributed by atoms with Gasteiger partial charge in [-0.1, -0.05) is 18.2 Å². The van der Waals surface area contributed by atoms with Gasteiger partial charge in [-0.05, 0) is 37.4 Å². The number of anilines is 1. The predicted octanol–water partition coefficient (Wildman–Crippen LogP) is 2.01. The molecule has 1 atom stereocenters. The van der Waals surface area contributed by atoms with Gasteiger partial charge in [-0.15, -0.1) is 0 Å². The number of amides is 1. The van der Waals surface area contributed by atoms with Gasteiger partial charge in [0, 0.05) is 32.5 Å². The molecule has 0 radical (unpaired) electrons. The highest BCUT2D eigenvalue weighted by molar-refractivity contribution is 6.06. The molecule has 4 heteroatoms. The average Bonchev–Trinajstić information content (AvgIpc) is 2.73. The van der Waals surface area contributed by atoms with Crippen molar-refractivity contribution in [1.82, 2.24) is 4.90 Å². The minimum Gasteiger partial charge on any atom is -0.385 e. The van der Waals surface area contributed by atoms with Gasteiger partial charge in [0.25, 0.3) is 0 Å². The number of nitrogens with zero attached hydrogens (tertiary/aromatic N) is 1. The Kier molecular flexibility index (Phi) is 3.76. The summed E-state index contributed by atoms with van der Waals surface area (Å²) >= 11 is 0. The maximum absolute atomic E-state index is 12.5. The number of methoxy groups -OCH3 is 1. The van der Waals surface area contributed by atoms with Crippen LogP contribution in [0.4, 0.5) is 5.69 Å². The third-order valence-electron chi connectivity index (χ3n) is 4.52. The van der Waals surface area contributed by atoms with Crippen molar-refractivity contribution in [3.63, 3.8) is 0 Å². The molecule has 1 saturated heterocycles. The summed E-state index contributed by atoms with van der Waals surface area (Å²) in [4.78, 5) is 14.9. The topological polar surface area (TPSA) is 41.6 Å². The van der Waals surface area contributed by atoms with Crippen LogP contribution >= 0.6 is 0 Å². The predicted molar refractivity (Wildman–Crippen MR) is 78.9 cm³/mol. The van der Waals surface area contributed by atoms with Crippen molar-refractivity contribution < 1.29 is 9.53 Å². The molecule has 3 rings (SSSR count). The number of piperidine rings is 1. The van der Waals surface area contributed by atoms with E-state index < -0.39 is 0 Å². The summed E-state index contributed by atoms with van der Waals surface area (Å²) in [5.74, 6) is 0.176. The fourth-order valence-electron chi connectivity index (χ4n) is 3.55. The zero-order valence-corrected chi connectivity index (χ0v) is 12.0. The van der Waals surface area contributed by atoms with Crippen LogP contribution in [0, 0.1) is 0 Å². The minimum atomic E-state index is -0.331. The van der Waals surface area contributed by atoms with Gasteiger partial charge in [0.15, 0.2) is 0 Å². The summed E-state index contributed by atoms with van der Waals surface area (Å²) in [7, 11) is 1.73. The molecule has 2 aliphatic heterocycles. The molecule has 4 nitrogen and oxygen atoms in total. The number of benzene rings is 1. The van der Waals surface area contributed by atoms with Crippen LogP contribution in [-0.2, 0) is 14.9 Å². The highest BCUT2D eigenvalue weighted by Gasteiger charge is 2.48. The molecular formula is C16H22N2O2. The molecule has 1 aromatic rings. The number of carbonyl (C=O) groups excluding carboxylic acids is 1. The number of rotatable bonds is 4. The SMILES string of the molecule is COCCCN1CCCC2(C1)C(=O)Nc1ccccc12. The molecule has 108 valence electrons. The van der Waals surface area contributed by atoms with Crippen molar-refractivity contribution in [2.75, 3.05) is 38.7 Å². The Bertz CT molecular complexity index is 503. The van der Waals surface area contributed by atoms with E-state index in [1.165, 1.54) is 5.56 Å². The van der Waals surface area contributed by atoms with Gasteiger partial charge in [-0.2, -0.15) is 0 Å². The first-order valence-corrected chi connectivity index (χ1v) is 7.38. The second-order valence-corrected chi connectivity index (χ2v) is 5.81. The first-order chi connectivity index (χ1) is 9.76. The van der Waals surface area contributed by atoms with E-state index >= 15 is 0 Å². The van der Waals surface area contributed by atoms with Crippen LogP contribution in [0.5, 0.6) is 0 Å². The molecule has 1 amide bonds. The maximum atomic E-state index is 12.5. The van der Waals surface area contributed by atoms with Crippen molar-refractivity contribution in [2.45, 2.75) is 24.7 Å². The quantitative estimate of drug-likeness (QED) is 0.854. The van der Waals surface area contributed by atoms with Gasteiger partial charge in [0.05, 0.1) is 5.41 Å². The van der Waals surface area contributed by atoms with Gasteiger partial charge in [0.2, 0.25) is 5.91 Å². The molecule has 0 bridgehead atoms. The molecule has 1 unspecified atom stereocenters. The molecule has 20 heavy (non-hydrogen) atoms. The summed E-state index contributed by atoms with van der Waals surface area (Å²) in [5.41, 5.74) is 1.85. The van der Waals surface area contributed by atoms with E-state index in [2.05, 4.69) is 16.3 Å². The lowest BCUT2D eigenvalue weighted by atomic mass is 9.75. The van der Waals surface area contributed by atoms with E-state index in [9.17, 15) is 4.79 Å². The van der Waals surface area contributed by atoms with Crippen LogP contribution in [0.25, 0.3) is 0 Å². The number of likely N-dealkylation sites (tertiary alicyclic amines) is 1. The number of hydrogen-bond donors (Lipinski definition) is 1. The lowest BCUT2D eigenvalue weighted by Crippen LogP contribution is -2.50. The van der Waals surface area contributed by atoms with Crippen molar-refractivity contribution in [1.29, 1.82) is 0 Å². The first-order valence-electron chi connectivity index (χ1n) is 7.38. The third kappa shape index (κ3) is 2.23. The Morgan fingerprint density at radius 2 is 2.25 bits per heavy atom. The molecule has 0 aliphatic carbocycles. The molecule has 2 aliphatic rings. The van der Waals surface area contributed by atoms with Gasteiger partial charge in [-0.3, -0.25) is 4.79 Å². The Morgan fingerprint density at radius 3 is 3.10 bits per heavy atom. The largest absolute Gasteiger partial charge is 0.385 e. The minimum absolute atomic E-state index is 0.176. The van der Waals surface area contributed by atoms with E-state index in [-0.39, 0.29) is 11.3 Å². The summed E-state index contributed by atoms with van der Waals surface area (Å²) in [6, 6.07) is 8.12. The number of carbonyl (C=O) groups is 1. The fourth-order valence-corrected chi connectivity index (χ4v) is 3.55. The molecule has 0 saturated carbocycles. The fraction of sp³-hybridized carbons (Fsp3) is 0.562. The lowest BCUT2D eigenvalue weighted by molar-refractivity contribution is -0.122. The van der Waals surface area contributed by atoms with Crippen molar-refractivity contribution in [3.05, 3.63) is 29.8 Å². The molecule has 1 N–H and O–H groups in total. The highest BCUT2D eigenvalue weighted by atomic mass is 16.5. The van der Waals surface area contributed by atoms with Crippen LogP contribution in [0.15, 0.2) is 24.3 Å². The second kappa shape index (κ2) is 5.54. The Labute approximate surface area is 120 Å². The van der Waals surface area contributed by atoms with E-state index in [0.717, 1.165) is 51.2 Å². The van der Waals surface area contributed by atoms with Gasteiger partial charge < -0.3 is 15.0 Å². The van der Waals surface area contributed by atoms with Crippen molar-refractivity contribution in [2.24, 2.45) is 0 Å². The molecule has 0 aromatic heterocycles. The van der Waals surface area contributed by atoms with E-state index in [0.29, 0.717) is 0 Å². The molecule has 2 heterocycles. The number of fused-ring (bicyclic) bond motifs is 2. The Hall–Kier alpha value is -1.39. The second-order valence-electron chi connectivity index (χ2n) is 5.81. The zero-order valence-electron chi connectivity index (χ0n) is 12.0. The van der Waals surface area contributed by atoms with Crippen LogP contribution in [0.3, 0.4) is 0 Å². The van der Waals surface area contributed by atoms with Gasteiger partial charge in [-0.25, -0.2) is 0 Å². The lowest BCUT2D eigenvalue weighted by Gasteiger charge is -2.39. The van der Waals surface area contributed by atoms with Crippen molar-refractivity contribution >= 4 is 11.6 Å². The smallest absolute Gasteiger partial charge is 0.236 e. The van der Waals surface area contributed by atoms with E-state index in [1.807, 2.05) is 18.2 Å². The molecular weight excluding hydrogens is 252 g/mol.